The number of ether oxygens (including phenoxy) is 1. The fraction of sp³-hybridized carbons (Fsp3) is 0.786. The lowest BCUT2D eigenvalue weighted by Crippen LogP contribution is -2.39. The number of nitrogens with zero attached hydrogens (tertiary/aromatic N) is 3. The van der Waals surface area contributed by atoms with Gasteiger partial charge < -0.3 is 20.1 Å². The van der Waals surface area contributed by atoms with Crippen LogP contribution in [-0.4, -0.2) is 59.6 Å². The summed E-state index contributed by atoms with van der Waals surface area (Å²) in [6.07, 6.45) is 1.01. The molecule has 1 aromatic rings. The van der Waals surface area contributed by atoms with Crippen LogP contribution < -0.4 is 10.1 Å². The Kier molecular flexibility index (Phi) is 5.98. The maximum absolute atomic E-state index is 10.4. The van der Waals surface area contributed by atoms with Gasteiger partial charge in [0.25, 0.3) is 0 Å². The van der Waals surface area contributed by atoms with Crippen LogP contribution >= 0.6 is 0 Å². The van der Waals surface area contributed by atoms with Crippen molar-refractivity contribution in [1.29, 1.82) is 0 Å². The number of aromatic nitrogens is 2. The van der Waals surface area contributed by atoms with E-state index in [4.69, 9.17) is 4.74 Å². The van der Waals surface area contributed by atoms with Crippen molar-refractivity contribution >= 4 is 0 Å². The second-order valence-corrected chi connectivity index (χ2v) is 6.27. The van der Waals surface area contributed by atoms with Crippen molar-refractivity contribution in [2.24, 2.45) is 0 Å². The molecule has 0 aromatic carbocycles. The van der Waals surface area contributed by atoms with E-state index in [0.29, 0.717) is 12.3 Å². The molecule has 0 bridgehead atoms. The number of likely N-dealkylation sites (N-methyl/N-ethyl adjacent to an activating group) is 1. The van der Waals surface area contributed by atoms with Crippen molar-refractivity contribution in [3.63, 3.8) is 0 Å². The zero-order valence-corrected chi connectivity index (χ0v) is 13.5. The van der Waals surface area contributed by atoms with E-state index in [0.717, 1.165) is 18.8 Å². The number of hydrogen-bond acceptors (Lipinski definition) is 5. The maximum atomic E-state index is 10.4. The van der Waals surface area contributed by atoms with Crippen molar-refractivity contribution in [3.05, 3.63) is 11.9 Å². The first-order chi connectivity index (χ1) is 9.24. The van der Waals surface area contributed by atoms with Gasteiger partial charge in [0, 0.05) is 18.6 Å². The summed E-state index contributed by atoms with van der Waals surface area (Å²) in [5, 5.41) is 18.0. The highest BCUT2D eigenvalue weighted by molar-refractivity contribution is 5.27. The monoisotopic (exact) mass is 284 g/mol. The Labute approximate surface area is 121 Å². The van der Waals surface area contributed by atoms with Gasteiger partial charge in [0.1, 0.15) is 11.8 Å². The lowest BCUT2D eigenvalue weighted by molar-refractivity contribution is 0.148. The van der Waals surface area contributed by atoms with Crippen LogP contribution in [0.25, 0.3) is 0 Å². The van der Waals surface area contributed by atoms with Gasteiger partial charge in [-0.25, -0.2) is 0 Å². The molecule has 116 valence electrons. The number of rotatable bonds is 7. The Bertz CT molecular complexity index is 410. The molecule has 1 atom stereocenters. The molecule has 0 aliphatic rings. The number of methoxy groups -OCH3 is 1. The summed E-state index contributed by atoms with van der Waals surface area (Å²) in [4.78, 5) is 2.08. The molecular weight excluding hydrogens is 256 g/mol. The summed E-state index contributed by atoms with van der Waals surface area (Å²) in [5.74, 6) is 0.631. The Morgan fingerprint density at radius 1 is 1.45 bits per heavy atom. The molecule has 6 nitrogen and oxygen atoms in total. The topological polar surface area (TPSA) is 62.5 Å². The highest BCUT2D eigenvalue weighted by Gasteiger charge is 2.21. The van der Waals surface area contributed by atoms with E-state index < -0.39 is 6.10 Å². The van der Waals surface area contributed by atoms with Crippen LogP contribution in [0.2, 0.25) is 0 Å². The molecule has 0 fully saturated rings. The first-order valence-corrected chi connectivity index (χ1v) is 6.92. The van der Waals surface area contributed by atoms with E-state index in [-0.39, 0.29) is 5.54 Å². The number of aliphatic hydroxyl groups is 1. The summed E-state index contributed by atoms with van der Waals surface area (Å²) in [6.45, 7) is 8.25. The molecule has 0 radical (unpaired) electrons. The Morgan fingerprint density at radius 3 is 2.60 bits per heavy atom. The molecule has 6 heteroatoms. The van der Waals surface area contributed by atoms with Crippen molar-refractivity contribution in [2.75, 3.05) is 34.3 Å². The highest BCUT2D eigenvalue weighted by Crippen LogP contribution is 2.24. The standard InChI is InChI=1S/C14H28N4O2/c1-14(2,3)15-9-11(19)13-12(20-6)10-16-18(13)8-7-17(4)5/h10-11,15,19H,7-9H2,1-6H3. The minimum Gasteiger partial charge on any atom is -0.493 e. The maximum Gasteiger partial charge on any atom is 0.162 e. The molecule has 0 saturated carbocycles. The summed E-state index contributed by atoms with van der Waals surface area (Å²) in [6, 6.07) is 0. The molecule has 1 heterocycles. The zero-order valence-electron chi connectivity index (χ0n) is 13.5. The van der Waals surface area contributed by atoms with Crippen LogP contribution in [0.3, 0.4) is 0 Å². The largest absolute Gasteiger partial charge is 0.493 e. The quantitative estimate of drug-likeness (QED) is 0.778. The SMILES string of the molecule is COc1cnn(CCN(C)C)c1C(O)CNC(C)(C)C. The van der Waals surface area contributed by atoms with Crippen LogP contribution in [-0.2, 0) is 6.54 Å². The van der Waals surface area contributed by atoms with Crippen LogP contribution in [0.4, 0.5) is 0 Å². The van der Waals surface area contributed by atoms with Gasteiger partial charge in [0.2, 0.25) is 0 Å². The van der Waals surface area contributed by atoms with Crippen LogP contribution in [0.15, 0.2) is 6.20 Å². The molecule has 0 amide bonds. The predicted octanol–water partition coefficient (Wildman–Crippen LogP) is 0.875. The third-order valence-electron chi connectivity index (χ3n) is 2.97. The van der Waals surface area contributed by atoms with Gasteiger partial charge >= 0.3 is 0 Å². The lowest BCUT2D eigenvalue weighted by Gasteiger charge is -2.24. The molecule has 0 aliphatic heterocycles. The van der Waals surface area contributed by atoms with Gasteiger partial charge in [-0.2, -0.15) is 5.10 Å². The molecule has 0 aliphatic carbocycles. The van der Waals surface area contributed by atoms with Gasteiger partial charge in [-0.3, -0.25) is 4.68 Å². The third-order valence-corrected chi connectivity index (χ3v) is 2.97. The molecule has 1 aromatic heterocycles. The smallest absolute Gasteiger partial charge is 0.162 e. The van der Waals surface area contributed by atoms with Gasteiger partial charge in [0.15, 0.2) is 5.75 Å². The fourth-order valence-electron chi connectivity index (χ4n) is 1.84. The number of nitrogens with one attached hydrogen (secondary N) is 1. The van der Waals surface area contributed by atoms with E-state index in [2.05, 4.69) is 36.1 Å². The number of hydrogen-bond donors (Lipinski definition) is 2. The normalized spacial score (nSPS) is 13.8. The summed E-state index contributed by atoms with van der Waals surface area (Å²) < 4.78 is 7.11. The van der Waals surface area contributed by atoms with Crippen LogP contribution in [0.1, 0.15) is 32.6 Å². The van der Waals surface area contributed by atoms with Gasteiger partial charge in [-0.15, -0.1) is 0 Å². The van der Waals surface area contributed by atoms with E-state index in [1.807, 2.05) is 18.8 Å². The fourth-order valence-corrected chi connectivity index (χ4v) is 1.84. The first kappa shape index (κ1) is 16.9. The van der Waals surface area contributed by atoms with Crippen molar-refractivity contribution < 1.29 is 9.84 Å². The molecule has 2 N–H and O–H groups in total. The minimum absolute atomic E-state index is 0.0390. The Morgan fingerprint density at radius 2 is 2.10 bits per heavy atom. The summed E-state index contributed by atoms with van der Waals surface area (Å²) in [7, 11) is 5.62. The third kappa shape index (κ3) is 5.11. The predicted molar refractivity (Wildman–Crippen MR) is 80.0 cm³/mol. The van der Waals surface area contributed by atoms with Gasteiger partial charge in [0.05, 0.1) is 19.9 Å². The number of β-amino-alcohol motifs (C(OH)–C–C–N with tert-alkyl or cyclic N) is 1. The molecule has 20 heavy (non-hydrogen) atoms. The summed E-state index contributed by atoms with van der Waals surface area (Å²) in [5.41, 5.74) is 0.689. The molecule has 1 unspecified atom stereocenters. The summed E-state index contributed by atoms with van der Waals surface area (Å²) >= 11 is 0. The number of aliphatic hydroxyl groups excluding tert-OH is 1. The van der Waals surface area contributed by atoms with E-state index in [1.165, 1.54) is 0 Å². The van der Waals surface area contributed by atoms with E-state index >= 15 is 0 Å². The molecule has 0 spiro atoms. The van der Waals surface area contributed by atoms with Gasteiger partial charge in [-0.05, 0) is 34.9 Å². The Balaban J connectivity index is 2.81. The van der Waals surface area contributed by atoms with Gasteiger partial charge in [-0.1, -0.05) is 0 Å². The van der Waals surface area contributed by atoms with Crippen LogP contribution in [0.5, 0.6) is 5.75 Å². The molecular formula is C14H28N4O2. The van der Waals surface area contributed by atoms with Crippen molar-refractivity contribution in [1.82, 2.24) is 20.0 Å². The average Bonchev–Trinajstić information content (AvgIpc) is 2.75. The van der Waals surface area contributed by atoms with E-state index in [9.17, 15) is 5.11 Å². The van der Waals surface area contributed by atoms with Crippen LogP contribution in [0, 0.1) is 0 Å². The molecule has 1 rings (SSSR count). The highest BCUT2D eigenvalue weighted by atomic mass is 16.5. The second kappa shape index (κ2) is 7.06. The zero-order chi connectivity index (χ0) is 15.3. The molecule has 0 saturated heterocycles. The Hall–Kier alpha value is -1.11. The second-order valence-electron chi connectivity index (χ2n) is 6.27. The van der Waals surface area contributed by atoms with Crippen molar-refractivity contribution in [3.8, 4) is 5.75 Å². The first-order valence-electron chi connectivity index (χ1n) is 6.92. The minimum atomic E-state index is -0.645. The van der Waals surface area contributed by atoms with E-state index in [1.54, 1.807) is 13.3 Å². The average molecular weight is 284 g/mol. The van der Waals surface area contributed by atoms with Crippen molar-refractivity contribution in [2.45, 2.75) is 39.0 Å². The lowest BCUT2D eigenvalue weighted by atomic mass is 10.1.